The van der Waals surface area contributed by atoms with Crippen molar-refractivity contribution >= 4 is 16.9 Å². The van der Waals surface area contributed by atoms with E-state index in [1.54, 1.807) is 0 Å². The maximum atomic E-state index is 11.0. The smallest absolute Gasteiger partial charge is 0.307 e. The van der Waals surface area contributed by atoms with Crippen molar-refractivity contribution in [1.82, 2.24) is 4.57 Å². The number of aromatic nitrogens is 1. The molecule has 1 heterocycles. The van der Waals surface area contributed by atoms with Crippen molar-refractivity contribution in [2.45, 2.75) is 38.1 Å². The van der Waals surface area contributed by atoms with Crippen molar-refractivity contribution in [3.05, 3.63) is 36.0 Å². The lowest BCUT2D eigenvalue weighted by Gasteiger charge is -2.15. The fraction of sp³-hybridized carbons (Fsp3) is 0.400. The zero-order valence-electron chi connectivity index (χ0n) is 10.3. The number of carbonyl (C=O) groups is 1. The second-order valence-corrected chi connectivity index (χ2v) is 5.09. The van der Waals surface area contributed by atoms with Crippen LogP contribution < -0.4 is 0 Å². The molecule has 1 N–H and O–H groups in total. The van der Waals surface area contributed by atoms with Gasteiger partial charge in [-0.2, -0.15) is 0 Å². The molecule has 3 rings (SSSR count). The summed E-state index contributed by atoms with van der Waals surface area (Å²) in [5.74, 6) is -0.762. The number of hydrogen-bond donors (Lipinski definition) is 1. The number of carboxylic acids is 1. The zero-order chi connectivity index (χ0) is 12.5. The molecule has 2 aromatic rings. The molecule has 1 fully saturated rings. The van der Waals surface area contributed by atoms with E-state index in [2.05, 4.69) is 22.9 Å². The van der Waals surface area contributed by atoms with Crippen molar-refractivity contribution in [3.8, 4) is 0 Å². The minimum atomic E-state index is -0.762. The topological polar surface area (TPSA) is 42.2 Å². The SMILES string of the molecule is O=C(O)Cc1cccc2ccn(C3CCCC3)c12. The van der Waals surface area contributed by atoms with E-state index in [1.165, 1.54) is 25.7 Å². The van der Waals surface area contributed by atoms with Crippen LogP contribution in [0, 0.1) is 0 Å². The first-order valence-corrected chi connectivity index (χ1v) is 6.56. The van der Waals surface area contributed by atoms with Crippen molar-refractivity contribution in [3.63, 3.8) is 0 Å². The van der Waals surface area contributed by atoms with Gasteiger partial charge in [-0.05, 0) is 29.9 Å². The molecule has 0 unspecified atom stereocenters. The van der Waals surface area contributed by atoms with Gasteiger partial charge in [-0.15, -0.1) is 0 Å². The quantitative estimate of drug-likeness (QED) is 0.897. The van der Waals surface area contributed by atoms with Gasteiger partial charge in [0.1, 0.15) is 0 Å². The molecule has 0 amide bonds. The van der Waals surface area contributed by atoms with E-state index in [9.17, 15) is 4.79 Å². The molecule has 3 heteroatoms. The molecular weight excluding hydrogens is 226 g/mol. The van der Waals surface area contributed by atoms with Gasteiger partial charge in [-0.1, -0.05) is 31.0 Å². The highest BCUT2D eigenvalue weighted by molar-refractivity contribution is 5.86. The molecule has 18 heavy (non-hydrogen) atoms. The lowest BCUT2D eigenvalue weighted by atomic mass is 10.1. The van der Waals surface area contributed by atoms with Crippen LogP contribution in [0.4, 0.5) is 0 Å². The van der Waals surface area contributed by atoms with Crippen LogP contribution in [0.25, 0.3) is 10.9 Å². The largest absolute Gasteiger partial charge is 0.481 e. The van der Waals surface area contributed by atoms with E-state index in [0.717, 1.165) is 16.5 Å². The number of hydrogen-bond acceptors (Lipinski definition) is 1. The number of nitrogens with zero attached hydrogens (tertiary/aromatic N) is 1. The Balaban J connectivity index is 2.11. The van der Waals surface area contributed by atoms with Crippen LogP contribution in [-0.4, -0.2) is 15.6 Å². The minimum absolute atomic E-state index is 0.105. The fourth-order valence-electron chi connectivity index (χ4n) is 3.09. The summed E-state index contributed by atoms with van der Waals surface area (Å²) in [6.45, 7) is 0. The molecule has 94 valence electrons. The van der Waals surface area contributed by atoms with Gasteiger partial charge in [0.05, 0.1) is 11.9 Å². The highest BCUT2D eigenvalue weighted by Crippen LogP contribution is 2.34. The Bertz CT molecular complexity index is 579. The Labute approximate surface area is 106 Å². The van der Waals surface area contributed by atoms with E-state index in [-0.39, 0.29) is 6.42 Å². The normalized spacial score (nSPS) is 16.4. The van der Waals surface area contributed by atoms with Gasteiger partial charge >= 0.3 is 5.97 Å². The molecule has 0 radical (unpaired) electrons. The van der Waals surface area contributed by atoms with Crippen LogP contribution in [0.2, 0.25) is 0 Å². The third-order valence-corrected chi connectivity index (χ3v) is 3.88. The molecule has 0 bridgehead atoms. The van der Waals surface area contributed by atoms with E-state index < -0.39 is 5.97 Å². The zero-order valence-corrected chi connectivity index (χ0v) is 10.3. The summed E-state index contributed by atoms with van der Waals surface area (Å²) >= 11 is 0. The predicted octanol–water partition coefficient (Wildman–Crippen LogP) is 3.38. The van der Waals surface area contributed by atoms with Crippen LogP contribution in [0.5, 0.6) is 0 Å². The van der Waals surface area contributed by atoms with Gasteiger partial charge < -0.3 is 9.67 Å². The number of aliphatic carboxylic acids is 1. The van der Waals surface area contributed by atoms with Crippen LogP contribution in [0.15, 0.2) is 30.5 Å². The Morgan fingerprint density at radius 1 is 1.28 bits per heavy atom. The van der Waals surface area contributed by atoms with E-state index >= 15 is 0 Å². The third kappa shape index (κ3) is 1.90. The maximum Gasteiger partial charge on any atom is 0.307 e. The molecular formula is C15H17NO2. The summed E-state index contributed by atoms with van der Waals surface area (Å²) in [4.78, 5) is 11.0. The Morgan fingerprint density at radius 3 is 2.78 bits per heavy atom. The van der Waals surface area contributed by atoms with Crippen molar-refractivity contribution in [1.29, 1.82) is 0 Å². The number of carboxylic acid groups (broad SMARTS) is 1. The van der Waals surface area contributed by atoms with Gasteiger partial charge in [0.15, 0.2) is 0 Å². The number of benzene rings is 1. The molecule has 1 aromatic heterocycles. The molecule has 1 aromatic carbocycles. The molecule has 0 spiro atoms. The lowest BCUT2D eigenvalue weighted by Crippen LogP contribution is -2.07. The van der Waals surface area contributed by atoms with Crippen LogP contribution in [0.1, 0.15) is 37.3 Å². The monoisotopic (exact) mass is 243 g/mol. The molecule has 0 saturated heterocycles. The number of para-hydroxylation sites is 1. The first-order chi connectivity index (χ1) is 8.75. The van der Waals surface area contributed by atoms with Crippen molar-refractivity contribution < 1.29 is 9.90 Å². The lowest BCUT2D eigenvalue weighted by molar-refractivity contribution is -0.136. The first-order valence-electron chi connectivity index (χ1n) is 6.56. The molecule has 1 aliphatic carbocycles. The Hall–Kier alpha value is -1.77. The van der Waals surface area contributed by atoms with Gasteiger partial charge in [-0.3, -0.25) is 4.79 Å². The van der Waals surface area contributed by atoms with Crippen LogP contribution >= 0.6 is 0 Å². The Morgan fingerprint density at radius 2 is 2.06 bits per heavy atom. The van der Waals surface area contributed by atoms with Gasteiger partial charge in [0.25, 0.3) is 0 Å². The summed E-state index contributed by atoms with van der Waals surface area (Å²) in [7, 11) is 0. The van der Waals surface area contributed by atoms with Crippen molar-refractivity contribution in [2.24, 2.45) is 0 Å². The van der Waals surface area contributed by atoms with E-state index in [1.807, 2.05) is 12.1 Å². The first kappa shape index (κ1) is 11.3. The summed E-state index contributed by atoms with van der Waals surface area (Å²) in [5.41, 5.74) is 2.05. The maximum absolute atomic E-state index is 11.0. The van der Waals surface area contributed by atoms with E-state index in [4.69, 9.17) is 5.11 Å². The highest BCUT2D eigenvalue weighted by atomic mass is 16.4. The summed E-state index contributed by atoms with van der Waals surface area (Å²) < 4.78 is 2.29. The standard InChI is InChI=1S/C15H17NO2/c17-14(18)10-12-5-3-4-11-8-9-16(15(11)12)13-6-1-2-7-13/h3-5,8-9,13H,1-2,6-7,10H2,(H,17,18). The predicted molar refractivity (Wildman–Crippen MR) is 70.8 cm³/mol. The highest BCUT2D eigenvalue weighted by Gasteiger charge is 2.19. The second-order valence-electron chi connectivity index (χ2n) is 5.09. The Kier molecular flexibility index (Phi) is 2.82. The van der Waals surface area contributed by atoms with Crippen LogP contribution in [0.3, 0.4) is 0 Å². The molecule has 0 aliphatic heterocycles. The number of fused-ring (bicyclic) bond motifs is 1. The fourth-order valence-corrected chi connectivity index (χ4v) is 3.09. The summed E-state index contributed by atoms with van der Waals surface area (Å²) in [6.07, 6.45) is 7.22. The van der Waals surface area contributed by atoms with E-state index in [0.29, 0.717) is 6.04 Å². The molecule has 1 saturated carbocycles. The van der Waals surface area contributed by atoms with Crippen molar-refractivity contribution in [2.75, 3.05) is 0 Å². The average Bonchev–Trinajstić information content (AvgIpc) is 2.96. The van der Waals surface area contributed by atoms with Gasteiger partial charge in [0, 0.05) is 12.2 Å². The number of rotatable bonds is 3. The average molecular weight is 243 g/mol. The molecule has 1 aliphatic rings. The third-order valence-electron chi connectivity index (χ3n) is 3.88. The minimum Gasteiger partial charge on any atom is -0.481 e. The summed E-state index contributed by atoms with van der Waals surface area (Å²) in [5, 5.41) is 10.2. The second kappa shape index (κ2) is 4.48. The van der Waals surface area contributed by atoms with Gasteiger partial charge in [0.2, 0.25) is 0 Å². The van der Waals surface area contributed by atoms with Crippen LogP contribution in [-0.2, 0) is 11.2 Å². The molecule has 0 atom stereocenters. The molecule has 3 nitrogen and oxygen atoms in total. The van der Waals surface area contributed by atoms with Gasteiger partial charge in [-0.25, -0.2) is 0 Å². The summed E-state index contributed by atoms with van der Waals surface area (Å²) in [6, 6.07) is 8.59.